The molecule has 0 saturated carbocycles. The molecule has 3 aromatic rings. The second-order valence-corrected chi connectivity index (χ2v) is 8.39. The van der Waals surface area contributed by atoms with Crippen molar-refractivity contribution >= 4 is 10.8 Å². The maximum absolute atomic E-state index is 6.48. The van der Waals surface area contributed by atoms with Crippen molar-refractivity contribution < 1.29 is 28.4 Å². The van der Waals surface area contributed by atoms with Crippen molar-refractivity contribution in [2.24, 2.45) is 0 Å². The number of rotatable bonds is 7. The smallest absolute Gasteiger partial charge is 0.186 e. The number of benzene rings is 3. The fourth-order valence-electron chi connectivity index (χ4n) is 4.55. The molecular formula is C28H28O6. The van der Waals surface area contributed by atoms with Gasteiger partial charge in [0.25, 0.3) is 0 Å². The van der Waals surface area contributed by atoms with Crippen LogP contribution >= 0.6 is 0 Å². The van der Waals surface area contributed by atoms with E-state index in [1.807, 2.05) is 42.5 Å². The summed E-state index contributed by atoms with van der Waals surface area (Å²) in [6.07, 6.45) is 2.48. The molecule has 6 nitrogen and oxygen atoms in total. The lowest BCUT2D eigenvalue weighted by atomic mass is 9.97. The summed E-state index contributed by atoms with van der Waals surface area (Å²) < 4.78 is 36.5. The molecule has 3 aromatic carbocycles. The zero-order chi connectivity index (χ0) is 23.3. The van der Waals surface area contributed by atoms with Crippen LogP contribution in [-0.2, 0) is 35.0 Å². The Morgan fingerprint density at radius 2 is 1.71 bits per heavy atom. The first-order valence-electron chi connectivity index (χ1n) is 11.4. The van der Waals surface area contributed by atoms with Crippen molar-refractivity contribution in [2.45, 2.75) is 43.6 Å². The average molecular weight is 461 g/mol. The molecule has 6 atom stereocenters. The minimum atomic E-state index is -0.656. The maximum Gasteiger partial charge on any atom is 0.186 e. The number of ether oxygens (including phenoxy) is 6. The van der Waals surface area contributed by atoms with Crippen molar-refractivity contribution in [3.63, 3.8) is 0 Å². The summed E-state index contributed by atoms with van der Waals surface area (Å²) >= 11 is 0. The SMILES string of the molecule is C#CCO[C@@H]1[C@H](OC)O[C@@H]2CO[C@@H](c3ccccc3)O[C@H]2[C@@H]1OCc1ccc2ccccc2c1. The van der Waals surface area contributed by atoms with Gasteiger partial charge in [0.05, 0.1) is 13.2 Å². The van der Waals surface area contributed by atoms with Crippen LogP contribution in [0.3, 0.4) is 0 Å². The van der Waals surface area contributed by atoms with Gasteiger partial charge in [-0.05, 0) is 22.4 Å². The Balaban J connectivity index is 1.40. The van der Waals surface area contributed by atoms with Gasteiger partial charge in [-0.15, -0.1) is 6.42 Å². The molecule has 0 unspecified atom stereocenters. The van der Waals surface area contributed by atoms with Crippen molar-refractivity contribution in [1.82, 2.24) is 0 Å². The summed E-state index contributed by atoms with van der Waals surface area (Å²) in [6, 6.07) is 24.4. The fraction of sp³-hybridized carbons (Fsp3) is 0.357. The van der Waals surface area contributed by atoms with Gasteiger partial charge in [-0.2, -0.15) is 0 Å². The molecule has 0 spiro atoms. The highest BCUT2D eigenvalue weighted by molar-refractivity contribution is 5.82. The zero-order valence-electron chi connectivity index (χ0n) is 19.0. The quantitative estimate of drug-likeness (QED) is 0.492. The van der Waals surface area contributed by atoms with Crippen LogP contribution < -0.4 is 0 Å². The number of methoxy groups -OCH3 is 1. The molecule has 34 heavy (non-hydrogen) atoms. The molecule has 0 aromatic heterocycles. The van der Waals surface area contributed by atoms with Crippen LogP contribution in [0.4, 0.5) is 0 Å². The van der Waals surface area contributed by atoms with Gasteiger partial charge < -0.3 is 28.4 Å². The topological polar surface area (TPSA) is 55.4 Å². The van der Waals surface area contributed by atoms with E-state index in [1.165, 1.54) is 5.39 Å². The Bertz CT molecular complexity index is 1130. The molecule has 0 radical (unpaired) electrons. The van der Waals surface area contributed by atoms with Gasteiger partial charge in [-0.3, -0.25) is 0 Å². The van der Waals surface area contributed by atoms with Crippen molar-refractivity contribution in [3.8, 4) is 12.3 Å². The summed E-state index contributed by atoms with van der Waals surface area (Å²) in [6.45, 7) is 0.840. The van der Waals surface area contributed by atoms with Gasteiger partial charge in [0.2, 0.25) is 0 Å². The van der Waals surface area contributed by atoms with E-state index in [9.17, 15) is 0 Å². The predicted molar refractivity (Wildman–Crippen MR) is 127 cm³/mol. The highest BCUT2D eigenvalue weighted by Crippen LogP contribution is 2.37. The summed E-state index contributed by atoms with van der Waals surface area (Å²) in [7, 11) is 1.58. The second kappa shape index (κ2) is 10.7. The highest BCUT2D eigenvalue weighted by Gasteiger charge is 2.51. The average Bonchev–Trinajstić information content (AvgIpc) is 2.90. The Morgan fingerprint density at radius 3 is 2.50 bits per heavy atom. The van der Waals surface area contributed by atoms with Crippen LogP contribution in [0.1, 0.15) is 17.4 Å². The molecule has 176 valence electrons. The standard InChI is InChI=1S/C28H28O6/c1-3-15-30-26-25(31-17-19-13-14-20-9-7-8-12-22(20)16-19)24-23(33-28(26)29-2)18-32-27(34-24)21-10-5-4-6-11-21/h1,4-14,16,23-28H,15,17-18H2,2H3/t23-,24-,25+,26+,27-,28-/m1/s1. The predicted octanol–water partition coefficient (Wildman–Crippen LogP) is 4.23. The minimum absolute atomic E-state index is 0.111. The van der Waals surface area contributed by atoms with Gasteiger partial charge in [0, 0.05) is 12.7 Å². The first-order chi connectivity index (χ1) is 16.8. The van der Waals surface area contributed by atoms with Crippen molar-refractivity contribution in [1.29, 1.82) is 0 Å². The third-order valence-corrected chi connectivity index (χ3v) is 6.20. The molecule has 0 amide bonds. The second-order valence-electron chi connectivity index (χ2n) is 8.39. The van der Waals surface area contributed by atoms with Crippen LogP contribution in [0, 0.1) is 12.3 Å². The molecular weight excluding hydrogens is 432 g/mol. The first kappa shape index (κ1) is 23.0. The van der Waals surface area contributed by atoms with Crippen LogP contribution in [0.5, 0.6) is 0 Å². The lowest BCUT2D eigenvalue weighted by molar-refractivity contribution is -0.367. The largest absolute Gasteiger partial charge is 0.368 e. The first-order valence-corrected chi connectivity index (χ1v) is 11.4. The Morgan fingerprint density at radius 1 is 0.912 bits per heavy atom. The van der Waals surface area contributed by atoms with Gasteiger partial charge in [-0.1, -0.05) is 72.7 Å². The Hall–Kier alpha value is -2.76. The molecule has 5 rings (SSSR count). The molecule has 2 saturated heterocycles. The Kier molecular flexibility index (Phi) is 7.21. The third kappa shape index (κ3) is 4.86. The maximum atomic E-state index is 6.48. The lowest BCUT2D eigenvalue weighted by Gasteiger charge is -2.48. The van der Waals surface area contributed by atoms with E-state index in [0.717, 1.165) is 16.5 Å². The highest BCUT2D eigenvalue weighted by atomic mass is 16.8. The molecule has 0 aliphatic carbocycles. The lowest BCUT2D eigenvalue weighted by Crippen LogP contribution is -2.63. The van der Waals surface area contributed by atoms with E-state index in [2.05, 4.69) is 36.3 Å². The van der Waals surface area contributed by atoms with Crippen LogP contribution in [0.25, 0.3) is 10.8 Å². The fourth-order valence-corrected chi connectivity index (χ4v) is 4.55. The number of hydrogen-bond donors (Lipinski definition) is 0. The third-order valence-electron chi connectivity index (χ3n) is 6.20. The van der Waals surface area contributed by atoms with E-state index in [1.54, 1.807) is 7.11 Å². The summed E-state index contributed by atoms with van der Waals surface area (Å²) in [5, 5.41) is 2.35. The molecule has 0 bridgehead atoms. The van der Waals surface area contributed by atoms with Gasteiger partial charge in [0.1, 0.15) is 31.0 Å². The van der Waals surface area contributed by atoms with Crippen LogP contribution in [0.2, 0.25) is 0 Å². The van der Waals surface area contributed by atoms with E-state index in [4.69, 9.17) is 34.8 Å². The van der Waals surface area contributed by atoms with E-state index in [0.29, 0.717) is 13.2 Å². The molecule has 2 aliphatic heterocycles. The Labute approximate surface area is 199 Å². The van der Waals surface area contributed by atoms with E-state index < -0.39 is 30.9 Å². The van der Waals surface area contributed by atoms with Crippen molar-refractivity contribution in [3.05, 3.63) is 83.9 Å². The summed E-state index contributed by atoms with van der Waals surface area (Å²) in [5.41, 5.74) is 1.99. The number of fused-ring (bicyclic) bond motifs is 2. The molecule has 0 N–H and O–H groups in total. The van der Waals surface area contributed by atoms with Gasteiger partial charge in [-0.25, -0.2) is 0 Å². The van der Waals surface area contributed by atoms with Crippen molar-refractivity contribution in [2.75, 3.05) is 20.3 Å². The molecule has 2 heterocycles. The molecule has 6 heteroatoms. The van der Waals surface area contributed by atoms with E-state index >= 15 is 0 Å². The zero-order valence-corrected chi connectivity index (χ0v) is 19.0. The van der Waals surface area contributed by atoms with Crippen LogP contribution in [0.15, 0.2) is 72.8 Å². The minimum Gasteiger partial charge on any atom is -0.368 e. The monoisotopic (exact) mass is 460 g/mol. The number of hydrogen-bond acceptors (Lipinski definition) is 6. The summed E-state index contributed by atoms with van der Waals surface area (Å²) in [5.74, 6) is 2.53. The number of terminal acetylenes is 1. The molecule has 2 aliphatic rings. The van der Waals surface area contributed by atoms with Gasteiger partial charge in [0.15, 0.2) is 12.6 Å². The normalized spacial score (nSPS) is 28.8. The molecule has 2 fully saturated rings. The van der Waals surface area contributed by atoms with E-state index in [-0.39, 0.29) is 12.7 Å². The summed E-state index contributed by atoms with van der Waals surface area (Å²) in [4.78, 5) is 0. The van der Waals surface area contributed by atoms with Gasteiger partial charge >= 0.3 is 0 Å². The van der Waals surface area contributed by atoms with Crippen LogP contribution in [-0.4, -0.2) is 51.0 Å².